The predicted molar refractivity (Wildman–Crippen MR) is 124 cm³/mol. The van der Waals surface area contributed by atoms with Crippen LogP contribution in [0.2, 0.25) is 5.02 Å². The molecule has 1 aromatic heterocycles. The Bertz CT molecular complexity index is 1120. The van der Waals surface area contributed by atoms with Crippen molar-refractivity contribution in [2.45, 2.75) is 31.6 Å². The van der Waals surface area contributed by atoms with Gasteiger partial charge in [-0.1, -0.05) is 11.6 Å². The molecule has 1 amide bonds. The molecule has 0 saturated heterocycles. The number of thiazole rings is 1. The number of rotatable bonds is 9. The van der Waals surface area contributed by atoms with Crippen molar-refractivity contribution >= 4 is 49.7 Å². The Labute approximate surface area is 190 Å². The molecule has 2 N–H and O–H groups in total. The number of nitrogens with zero attached hydrogens (tertiary/aromatic N) is 1. The average Bonchev–Trinajstić information content (AvgIpc) is 3.22. The van der Waals surface area contributed by atoms with Crippen molar-refractivity contribution in [2.75, 3.05) is 16.6 Å². The minimum absolute atomic E-state index is 0.0858. The lowest BCUT2D eigenvalue weighted by molar-refractivity contribution is -0.116. The number of amides is 1. The molecule has 31 heavy (non-hydrogen) atoms. The SMILES string of the molecule is Cc1cc(OCCCC(=O)Nc2ccc(S(=O)(=O)Nc3nccs3)cc2)cc(C)c1Cl. The van der Waals surface area contributed by atoms with E-state index in [2.05, 4.69) is 15.0 Å². The molecule has 0 saturated carbocycles. The number of hydrogen-bond acceptors (Lipinski definition) is 6. The normalized spacial score (nSPS) is 11.2. The maximum atomic E-state index is 12.3. The maximum absolute atomic E-state index is 12.3. The van der Waals surface area contributed by atoms with E-state index in [1.54, 1.807) is 17.5 Å². The Balaban J connectivity index is 1.46. The summed E-state index contributed by atoms with van der Waals surface area (Å²) in [6.45, 7) is 4.23. The van der Waals surface area contributed by atoms with Gasteiger partial charge in [-0.15, -0.1) is 11.3 Å². The number of hydrogen-bond donors (Lipinski definition) is 2. The van der Waals surface area contributed by atoms with Crippen LogP contribution in [0, 0.1) is 13.8 Å². The molecule has 2 aromatic carbocycles. The molecule has 0 aliphatic carbocycles. The van der Waals surface area contributed by atoms with Crippen LogP contribution in [0.4, 0.5) is 10.8 Å². The van der Waals surface area contributed by atoms with E-state index in [4.69, 9.17) is 16.3 Å². The van der Waals surface area contributed by atoms with Gasteiger partial charge in [0.1, 0.15) is 5.75 Å². The molecule has 1 heterocycles. The number of carbonyl (C=O) groups is 1. The van der Waals surface area contributed by atoms with E-state index in [0.29, 0.717) is 23.8 Å². The highest BCUT2D eigenvalue weighted by atomic mass is 35.5. The summed E-state index contributed by atoms with van der Waals surface area (Å²) < 4.78 is 32.8. The largest absolute Gasteiger partial charge is 0.494 e. The predicted octanol–water partition coefficient (Wildman–Crippen LogP) is 5.01. The summed E-state index contributed by atoms with van der Waals surface area (Å²) >= 11 is 7.34. The quantitative estimate of drug-likeness (QED) is 0.420. The van der Waals surface area contributed by atoms with Crippen LogP contribution in [0.15, 0.2) is 52.9 Å². The Morgan fingerprint density at radius 2 is 1.84 bits per heavy atom. The van der Waals surface area contributed by atoms with Crippen molar-refractivity contribution in [3.63, 3.8) is 0 Å². The Morgan fingerprint density at radius 1 is 1.16 bits per heavy atom. The summed E-state index contributed by atoms with van der Waals surface area (Å²) in [5.41, 5.74) is 2.41. The maximum Gasteiger partial charge on any atom is 0.263 e. The number of ether oxygens (including phenoxy) is 1. The van der Waals surface area contributed by atoms with Gasteiger partial charge in [-0.2, -0.15) is 0 Å². The van der Waals surface area contributed by atoms with E-state index in [1.807, 2.05) is 26.0 Å². The number of sulfonamides is 1. The van der Waals surface area contributed by atoms with Crippen molar-refractivity contribution < 1.29 is 17.9 Å². The Hall–Kier alpha value is -2.62. The van der Waals surface area contributed by atoms with Gasteiger partial charge in [0, 0.05) is 28.7 Å². The highest BCUT2D eigenvalue weighted by Crippen LogP contribution is 2.26. The molecule has 0 aliphatic heterocycles. The fourth-order valence-electron chi connectivity index (χ4n) is 2.80. The molecule has 3 rings (SSSR count). The van der Waals surface area contributed by atoms with Crippen LogP contribution in [0.25, 0.3) is 0 Å². The number of aryl methyl sites for hydroxylation is 2. The molecule has 0 unspecified atom stereocenters. The van der Waals surface area contributed by atoms with Crippen molar-refractivity contribution in [1.82, 2.24) is 4.98 Å². The first kappa shape index (κ1) is 23.1. The van der Waals surface area contributed by atoms with Crippen LogP contribution in [-0.2, 0) is 14.8 Å². The van der Waals surface area contributed by atoms with E-state index >= 15 is 0 Å². The monoisotopic (exact) mass is 479 g/mol. The molecule has 0 radical (unpaired) electrons. The molecule has 0 atom stereocenters. The first-order chi connectivity index (χ1) is 14.7. The van der Waals surface area contributed by atoms with Gasteiger partial charge in [0.15, 0.2) is 5.13 Å². The van der Waals surface area contributed by atoms with E-state index in [0.717, 1.165) is 21.9 Å². The lowest BCUT2D eigenvalue weighted by atomic mass is 10.1. The van der Waals surface area contributed by atoms with Crippen LogP contribution in [0.5, 0.6) is 5.75 Å². The van der Waals surface area contributed by atoms with Gasteiger partial charge in [-0.05, 0) is 67.8 Å². The molecule has 10 heteroatoms. The third-order valence-corrected chi connectivity index (χ3v) is 7.10. The van der Waals surface area contributed by atoms with Crippen LogP contribution < -0.4 is 14.8 Å². The van der Waals surface area contributed by atoms with E-state index in [9.17, 15) is 13.2 Å². The van der Waals surface area contributed by atoms with Gasteiger partial charge in [0.2, 0.25) is 5.91 Å². The second kappa shape index (κ2) is 10.1. The molecule has 0 fully saturated rings. The molecule has 7 nitrogen and oxygen atoms in total. The summed E-state index contributed by atoms with van der Waals surface area (Å²) in [6.07, 6.45) is 2.33. The van der Waals surface area contributed by atoms with Gasteiger partial charge in [0.25, 0.3) is 10.0 Å². The zero-order valence-electron chi connectivity index (χ0n) is 17.0. The third-order valence-electron chi connectivity index (χ3n) is 4.33. The van der Waals surface area contributed by atoms with Crippen molar-refractivity contribution in [1.29, 1.82) is 0 Å². The molecular weight excluding hydrogens is 458 g/mol. The first-order valence-corrected chi connectivity index (χ1v) is 12.2. The number of anilines is 2. The van der Waals surface area contributed by atoms with Gasteiger partial charge >= 0.3 is 0 Å². The zero-order valence-corrected chi connectivity index (χ0v) is 19.4. The van der Waals surface area contributed by atoms with Gasteiger partial charge in [0.05, 0.1) is 11.5 Å². The van der Waals surface area contributed by atoms with E-state index < -0.39 is 10.0 Å². The summed E-state index contributed by atoms with van der Waals surface area (Å²) in [4.78, 5) is 16.1. The van der Waals surface area contributed by atoms with E-state index in [-0.39, 0.29) is 17.2 Å². The fourth-order valence-corrected chi connectivity index (χ4v) is 4.70. The van der Waals surface area contributed by atoms with Crippen LogP contribution in [0.3, 0.4) is 0 Å². The zero-order chi connectivity index (χ0) is 22.4. The second-order valence-electron chi connectivity index (χ2n) is 6.84. The number of nitrogens with one attached hydrogen (secondary N) is 2. The highest BCUT2D eigenvalue weighted by Gasteiger charge is 2.15. The Kier molecular flexibility index (Phi) is 7.53. The lowest BCUT2D eigenvalue weighted by Crippen LogP contribution is -2.14. The summed E-state index contributed by atoms with van der Waals surface area (Å²) in [5, 5.41) is 5.45. The molecule has 0 bridgehead atoms. The third kappa shape index (κ3) is 6.43. The van der Waals surface area contributed by atoms with Crippen molar-refractivity contribution in [2.24, 2.45) is 0 Å². The van der Waals surface area contributed by atoms with Crippen LogP contribution >= 0.6 is 22.9 Å². The van der Waals surface area contributed by atoms with Crippen molar-refractivity contribution in [3.05, 3.63) is 64.1 Å². The number of aromatic nitrogens is 1. The fraction of sp³-hybridized carbons (Fsp3) is 0.238. The molecule has 3 aromatic rings. The number of carbonyl (C=O) groups excluding carboxylic acids is 1. The molecule has 0 spiro atoms. The minimum atomic E-state index is -3.72. The first-order valence-electron chi connectivity index (χ1n) is 9.46. The van der Waals surface area contributed by atoms with Crippen LogP contribution in [-0.4, -0.2) is 25.9 Å². The van der Waals surface area contributed by atoms with Crippen molar-refractivity contribution in [3.8, 4) is 5.75 Å². The topological polar surface area (TPSA) is 97.4 Å². The number of halogens is 1. The van der Waals surface area contributed by atoms with Gasteiger partial charge in [-0.3, -0.25) is 9.52 Å². The molecular formula is C21H22ClN3O4S2. The highest BCUT2D eigenvalue weighted by molar-refractivity contribution is 7.93. The average molecular weight is 480 g/mol. The molecule has 164 valence electrons. The molecule has 0 aliphatic rings. The summed E-state index contributed by atoms with van der Waals surface area (Å²) in [6, 6.07) is 9.69. The minimum Gasteiger partial charge on any atom is -0.494 e. The summed E-state index contributed by atoms with van der Waals surface area (Å²) in [7, 11) is -3.72. The van der Waals surface area contributed by atoms with Gasteiger partial charge < -0.3 is 10.1 Å². The Morgan fingerprint density at radius 3 is 2.45 bits per heavy atom. The van der Waals surface area contributed by atoms with Gasteiger partial charge in [-0.25, -0.2) is 13.4 Å². The standard InChI is InChI=1S/C21H22ClN3O4S2/c1-14-12-17(13-15(2)20(14)22)29-10-3-4-19(26)24-16-5-7-18(8-6-16)31(27,28)25-21-23-9-11-30-21/h5-9,11-13H,3-4,10H2,1-2H3,(H,23,25)(H,24,26). The number of benzene rings is 2. The second-order valence-corrected chi connectivity index (χ2v) is 9.79. The lowest BCUT2D eigenvalue weighted by Gasteiger charge is -2.10. The van der Waals surface area contributed by atoms with E-state index in [1.165, 1.54) is 29.7 Å². The summed E-state index contributed by atoms with van der Waals surface area (Å²) in [5.74, 6) is 0.548. The smallest absolute Gasteiger partial charge is 0.263 e. The van der Waals surface area contributed by atoms with Crippen LogP contribution in [0.1, 0.15) is 24.0 Å².